The average molecular weight is 738 g/mol. The van der Waals surface area contributed by atoms with Gasteiger partial charge in [0.25, 0.3) is 0 Å². The molecule has 4 aliphatic rings. The average Bonchev–Trinajstić information content (AvgIpc) is 3.55. The van der Waals surface area contributed by atoms with Crippen LogP contribution in [-0.4, -0.2) is 23.4 Å². The first-order valence-corrected chi connectivity index (χ1v) is 16.1. The van der Waals surface area contributed by atoms with Crippen LogP contribution >= 0.6 is 0 Å². The van der Waals surface area contributed by atoms with Crippen molar-refractivity contribution >= 4 is 0 Å². The van der Waals surface area contributed by atoms with Gasteiger partial charge in [0.15, 0.2) is 0 Å². The molecule has 0 aromatic heterocycles. The SMILES string of the molecule is CC1=CCC(CC2=[C-]CC=C2)(OC(C)C)C(C(C)(C)C)=C1.CC1=CCC(CC2=[C-]CC=C2)(OC(C)C)C(C(C)(C)C)=C1.[Cl-].[Cl-].[Ti+2].[Ti+2]. The normalized spacial score (nSPS) is 23.7. The van der Waals surface area contributed by atoms with Crippen molar-refractivity contribution in [2.24, 2.45) is 10.8 Å². The summed E-state index contributed by atoms with van der Waals surface area (Å²) in [6.07, 6.45) is 31.1. The molecule has 0 aliphatic heterocycles. The molecule has 252 valence electrons. The molecule has 0 saturated carbocycles. The topological polar surface area (TPSA) is 18.5 Å². The maximum Gasteiger partial charge on any atom is 2.00 e. The van der Waals surface area contributed by atoms with Gasteiger partial charge in [-0.05, 0) is 89.2 Å². The molecule has 2 atom stereocenters. The predicted molar refractivity (Wildman–Crippen MR) is 180 cm³/mol. The first kappa shape index (κ1) is 48.0. The van der Waals surface area contributed by atoms with Gasteiger partial charge in [-0.3, -0.25) is 12.2 Å². The minimum absolute atomic E-state index is 0. The summed E-state index contributed by atoms with van der Waals surface area (Å²) in [5.74, 6) is 0. The van der Waals surface area contributed by atoms with Gasteiger partial charge in [-0.25, -0.2) is 23.3 Å². The third kappa shape index (κ3) is 13.3. The van der Waals surface area contributed by atoms with E-state index in [1.165, 1.54) is 33.4 Å². The Hall–Kier alpha value is -0.151. The number of hydrogen-bond acceptors (Lipinski definition) is 2. The van der Waals surface area contributed by atoms with E-state index in [9.17, 15) is 0 Å². The Balaban J connectivity index is 0. The second kappa shape index (κ2) is 19.9. The summed E-state index contributed by atoms with van der Waals surface area (Å²) in [5.41, 5.74) is 7.88. The fraction of sp³-hybridized carbons (Fsp3) is 0.600. The van der Waals surface area contributed by atoms with E-state index in [0.717, 1.165) is 38.5 Å². The molecule has 0 aromatic carbocycles. The van der Waals surface area contributed by atoms with Gasteiger partial charge in [0, 0.05) is 0 Å². The van der Waals surface area contributed by atoms with E-state index in [0.29, 0.717) is 0 Å². The van der Waals surface area contributed by atoms with Gasteiger partial charge in [0.05, 0.1) is 23.4 Å². The zero-order valence-corrected chi connectivity index (χ0v) is 35.2. The van der Waals surface area contributed by atoms with Gasteiger partial charge >= 0.3 is 43.4 Å². The van der Waals surface area contributed by atoms with Gasteiger partial charge in [-0.2, -0.15) is 12.2 Å². The zero-order chi connectivity index (χ0) is 31.3. The number of allylic oxidation sites excluding steroid dienone is 10. The predicted octanol–water partition coefficient (Wildman–Crippen LogP) is 5.11. The molecule has 2 nitrogen and oxygen atoms in total. The van der Waals surface area contributed by atoms with Crippen LogP contribution in [0.5, 0.6) is 0 Å². The summed E-state index contributed by atoms with van der Waals surface area (Å²) in [6.45, 7) is 26.7. The quantitative estimate of drug-likeness (QED) is 0.255. The van der Waals surface area contributed by atoms with E-state index in [1.807, 2.05) is 0 Å². The Morgan fingerprint density at radius 1 is 0.652 bits per heavy atom. The smallest absolute Gasteiger partial charge is 1.00 e. The second-order valence-electron chi connectivity index (χ2n) is 15.2. The van der Waals surface area contributed by atoms with Crippen LogP contribution in [0.1, 0.15) is 122 Å². The Bertz CT molecular complexity index is 1140. The minimum atomic E-state index is -0.219. The second-order valence-corrected chi connectivity index (χ2v) is 15.2. The minimum Gasteiger partial charge on any atom is -1.00 e. The molecule has 0 bridgehead atoms. The van der Waals surface area contributed by atoms with E-state index < -0.39 is 0 Å². The number of ether oxygens (including phenoxy) is 2. The molecule has 0 heterocycles. The van der Waals surface area contributed by atoms with E-state index in [-0.39, 0.29) is 102 Å². The summed E-state index contributed by atoms with van der Waals surface area (Å²) in [7, 11) is 0. The van der Waals surface area contributed by atoms with Crippen molar-refractivity contribution in [1.82, 2.24) is 0 Å². The first-order chi connectivity index (χ1) is 19.5. The standard InChI is InChI=1S/2C20H29O.2ClH.2Ti/c2*1-15(2)21-20(14-17-9-7-8-10-17)12-11-16(3)13-18(20)19(4,5)6;;;;/h2*7,9,11,13,15H,8,12,14H2,1-6H3;2*1H;;/q2*-1;;;2*+2/p-2. The maximum absolute atomic E-state index is 6.52. The molecule has 0 N–H and O–H groups in total. The van der Waals surface area contributed by atoms with Crippen LogP contribution in [0.3, 0.4) is 0 Å². The van der Waals surface area contributed by atoms with Crippen LogP contribution in [0.15, 0.2) is 82.0 Å². The first-order valence-electron chi connectivity index (χ1n) is 16.1. The van der Waals surface area contributed by atoms with Crippen molar-refractivity contribution in [1.29, 1.82) is 0 Å². The van der Waals surface area contributed by atoms with Gasteiger partial charge in [0.2, 0.25) is 0 Å². The van der Waals surface area contributed by atoms with Crippen LogP contribution in [0.2, 0.25) is 0 Å². The third-order valence-corrected chi connectivity index (χ3v) is 8.26. The van der Waals surface area contributed by atoms with Gasteiger partial charge in [0.1, 0.15) is 0 Å². The van der Waals surface area contributed by atoms with Crippen molar-refractivity contribution in [3.8, 4) is 0 Å². The van der Waals surface area contributed by atoms with E-state index in [1.54, 1.807) is 0 Å². The molecule has 0 amide bonds. The zero-order valence-electron chi connectivity index (χ0n) is 30.6. The van der Waals surface area contributed by atoms with E-state index in [2.05, 4.69) is 144 Å². The Morgan fingerprint density at radius 3 is 1.22 bits per heavy atom. The molecule has 0 spiro atoms. The van der Waals surface area contributed by atoms with Crippen LogP contribution in [0.4, 0.5) is 0 Å². The molecule has 2 unspecified atom stereocenters. The number of hydrogen-bond donors (Lipinski definition) is 0. The Labute approximate surface area is 325 Å². The Morgan fingerprint density at radius 2 is 0.978 bits per heavy atom. The molecule has 0 saturated heterocycles. The molecule has 4 rings (SSSR count). The molecule has 0 fully saturated rings. The van der Waals surface area contributed by atoms with Crippen LogP contribution < -0.4 is 24.8 Å². The van der Waals surface area contributed by atoms with Gasteiger partial charge in [-0.15, -0.1) is 12.8 Å². The van der Waals surface area contributed by atoms with E-state index in [4.69, 9.17) is 9.47 Å². The number of rotatable bonds is 8. The summed E-state index contributed by atoms with van der Waals surface area (Å²) in [4.78, 5) is 0. The molecule has 0 radical (unpaired) electrons. The van der Waals surface area contributed by atoms with Gasteiger partial charge < -0.3 is 34.3 Å². The van der Waals surface area contributed by atoms with Crippen LogP contribution in [0.25, 0.3) is 0 Å². The molecule has 46 heavy (non-hydrogen) atoms. The van der Waals surface area contributed by atoms with Crippen molar-refractivity contribution in [3.63, 3.8) is 0 Å². The molecular weight excluding hydrogens is 679 g/mol. The monoisotopic (exact) mass is 736 g/mol. The van der Waals surface area contributed by atoms with Crippen LogP contribution in [-0.2, 0) is 52.9 Å². The summed E-state index contributed by atoms with van der Waals surface area (Å²) < 4.78 is 13.0. The Kier molecular flexibility index (Phi) is 20.7. The molecule has 4 aliphatic carbocycles. The number of halogens is 2. The van der Waals surface area contributed by atoms with E-state index >= 15 is 0 Å². The van der Waals surface area contributed by atoms with Crippen molar-refractivity contribution in [3.05, 3.63) is 94.2 Å². The van der Waals surface area contributed by atoms with Crippen LogP contribution in [0, 0.1) is 23.0 Å². The van der Waals surface area contributed by atoms with Crippen molar-refractivity contribution < 1.29 is 77.7 Å². The molecule has 0 aromatic rings. The molecular formula is C40H58Cl2O2Ti2. The van der Waals surface area contributed by atoms with Crippen molar-refractivity contribution in [2.75, 3.05) is 0 Å². The summed E-state index contributed by atoms with van der Waals surface area (Å²) in [6, 6.07) is 0. The summed E-state index contributed by atoms with van der Waals surface area (Å²) in [5, 5.41) is 0. The van der Waals surface area contributed by atoms with Gasteiger partial charge in [-0.1, -0.05) is 77.0 Å². The summed E-state index contributed by atoms with van der Waals surface area (Å²) >= 11 is 0. The van der Waals surface area contributed by atoms with Crippen molar-refractivity contribution in [2.45, 2.75) is 145 Å². The largest absolute Gasteiger partial charge is 2.00 e. The fourth-order valence-electron chi connectivity index (χ4n) is 6.81. The third-order valence-electron chi connectivity index (χ3n) is 8.26. The maximum atomic E-state index is 6.52. The fourth-order valence-corrected chi connectivity index (χ4v) is 6.81. The molecule has 6 heteroatoms.